The summed E-state index contributed by atoms with van der Waals surface area (Å²) in [6, 6.07) is 12.7. The maximum atomic E-state index is 11.8. The minimum Gasteiger partial charge on any atom is -0.315 e. The van der Waals surface area contributed by atoms with Crippen LogP contribution in [-0.4, -0.2) is 11.3 Å². The Labute approximate surface area is 144 Å². The summed E-state index contributed by atoms with van der Waals surface area (Å²) in [6.07, 6.45) is 2.83. The summed E-state index contributed by atoms with van der Waals surface area (Å²) in [7, 11) is 0. The van der Waals surface area contributed by atoms with Gasteiger partial charge in [-0.2, -0.15) is 5.26 Å². The molecule has 0 spiro atoms. The fourth-order valence-electron chi connectivity index (χ4n) is 3.01. The topological polar surface area (TPSA) is 52.9 Å². The van der Waals surface area contributed by atoms with E-state index in [0.717, 1.165) is 24.8 Å². The Hall–Kier alpha value is -1.83. The van der Waals surface area contributed by atoms with Crippen molar-refractivity contribution >= 4 is 33.8 Å². The van der Waals surface area contributed by atoms with Gasteiger partial charge in [0.2, 0.25) is 5.91 Å². The molecule has 0 fully saturated rings. The number of alkyl halides is 1. The van der Waals surface area contributed by atoms with Crippen molar-refractivity contribution in [2.24, 2.45) is 0 Å². The van der Waals surface area contributed by atoms with Gasteiger partial charge in [0, 0.05) is 4.88 Å². The van der Waals surface area contributed by atoms with Gasteiger partial charge in [-0.15, -0.1) is 22.9 Å². The van der Waals surface area contributed by atoms with Crippen molar-refractivity contribution in [2.75, 3.05) is 5.32 Å². The maximum Gasteiger partial charge on any atom is 0.242 e. The Morgan fingerprint density at radius 3 is 2.83 bits per heavy atom. The summed E-state index contributed by atoms with van der Waals surface area (Å²) in [4.78, 5) is 13.0. The molecule has 0 unspecified atom stereocenters. The summed E-state index contributed by atoms with van der Waals surface area (Å²) >= 11 is 7.33. The molecule has 1 N–H and O–H groups in total. The number of amides is 1. The van der Waals surface area contributed by atoms with Crippen LogP contribution in [0.3, 0.4) is 0 Å². The van der Waals surface area contributed by atoms with E-state index in [4.69, 9.17) is 11.6 Å². The molecule has 0 bridgehead atoms. The lowest BCUT2D eigenvalue weighted by molar-refractivity contribution is -0.115. The number of hydrogen-bond acceptors (Lipinski definition) is 3. The second-order valence-corrected chi connectivity index (χ2v) is 7.54. The lowest BCUT2D eigenvalue weighted by atomic mass is 9.83. The van der Waals surface area contributed by atoms with E-state index in [1.807, 2.05) is 6.07 Å². The van der Waals surface area contributed by atoms with Gasteiger partial charge in [-0.1, -0.05) is 30.3 Å². The van der Waals surface area contributed by atoms with Crippen molar-refractivity contribution in [2.45, 2.75) is 37.5 Å². The van der Waals surface area contributed by atoms with Crippen LogP contribution in [0.2, 0.25) is 0 Å². The molecule has 0 radical (unpaired) electrons. The van der Waals surface area contributed by atoms with E-state index >= 15 is 0 Å². The molecule has 3 rings (SSSR count). The molecule has 3 nitrogen and oxygen atoms in total. The molecule has 0 saturated heterocycles. The second-order valence-electron chi connectivity index (χ2n) is 5.78. The Kier molecular flexibility index (Phi) is 4.70. The number of benzene rings is 1. The number of nitriles is 1. The first-order valence-corrected chi connectivity index (χ1v) is 8.90. The van der Waals surface area contributed by atoms with Crippen molar-refractivity contribution in [1.82, 2.24) is 0 Å². The molecule has 1 heterocycles. The van der Waals surface area contributed by atoms with Crippen molar-refractivity contribution < 1.29 is 4.79 Å². The first-order chi connectivity index (χ1) is 11.1. The highest BCUT2D eigenvalue weighted by Gasteiger charge is 2.27. The van der Waals surface area contributed by atoms with Crippen LogP contribution in [0.1, 0.15) is 40.8 Å². The Morgan fingerprint density at radius 1 is 1.43 bits per heavy atom. The zero-order valence-electron chi connectivity index (χ0n) is 12.8. The van der Waals surface area contributed by atoms with E-state index in [1.54, 1.807) is 6.92 Å². The predicted molar refractivity (Wildman–Crippen MR) is 94.2 cm³/mol. The Balaban J connectivity index is 1.88. The highest BCUT2D eigenvalue weighted by Crippen LogP contribution is 2.42. The number of rotatable bonds is 3. The molecule has 23 heavy (non-hydrogen) atoms. The van der Waals surface area contributed by atoms with E-state index in [-0.39, 0.29) is 5.91 Å². The fraction of sp³-hybridized carbons (Fsp3) is 0.333. The highest BCUT2D eigenvalue weighted by atomic mass is 35.5. The SMILES string of the molecule is C[C@H](Cl)C(=O)Nc1sc2c(c1C#N)CC[C@@H](c1ccccc1)C2. The lowest BCUT2D eigenvalue weighted by Crippen LogP contribution is -2.20. The van der Waals surface area contributed by atoms with Gasteiger partial charge in [-0.3, -0.25) is 4.79 Å². The minimum atomic E-state index is -0.613. The smallest absolute Gasteiger partial charge is 0.242 e. The third kappa shape index (κ3) is 3.26. The van der Waals surface area contributed by atoms with Gasteiger partial charge in [0.1, 0.15) is 16.4 Å². The van der Waals surface area contributed by atoms with Crippen LogP contribution in [-0.2, 0) is 17.6 Å². The number of carbonyl (C=O) groups excluding carboxylic acids is 1. The van der Waals surface area contributed by atoms with Gasteiger partial charge in [0.05, 0.1) is 5.56 Å². The van der Waals surface area contributed by atoms with Gasteiger partial charge in [-0.05, 0) is 43.2 Å². The van der Waals surface area contributed by atoms with Gasteiger partial charge in [0.15, 0.2) is 0 Å². The number of anilines is 1. The number of hydrogen-bond donors (Lipinski definition) is 1. The van der Waals surface area contributed by atoms with Gasteiger partial charge >= 0.3 is 0 Å². The van der Waals surface area contributed by atoms with Crippen LogP contribution in [0, 0.1) is 11.3 Å². The van der Waals surface area contributed by atoms with Gasteiger partial charge in [-0.25, -0.2) is 0 Å². The zero-order chi connectivity index (χ0) is 16.4. The molecule has 1 amide bonds. The fourth-order valence-corrected chi connectivity index (χ4v) is 4.35. The van der Waals surface area contributed by atoms with Crippen LogP contribution >= 0.6 is 22.9 Å². The third-order valence-corrected chi connectivity index (χ3v) is 5.61. The second kappa shape index (κ2) is 6.74. The molecule has 1 aromatic carbocycles. The molecule has 5 heteroatoms. The Morgan fingerprint density at radius 2 is 2.17 bits per heavy atom. The average molecular weight is 345 g/mol. The quantitative estimate of drug-likeness (QED) is 0.836. The minimum absolute atomic E-state index is 0.263. The zero-order valence-corrected chi connectivity index (χ0v) is 14.4. The largest absolute Gasteiger partial charge is 0.315 e. The summed E-state index contributed by atoms with van der Waals surface area (Å²) in [5, 5.41) is 12.3. The standard InChI is InChI=1S/C18H17ClN2OS/c1-11(19)17(22)21-18-15(10-20)14-8-7-13(9-16(14)23-18)12-5-3-2-4-6-12/h2-6,11,13H,7-9H2,1H3,(H,21,22)/t11-,13+/m0/s1. The van der Waals surface area contributed by atoms with E-state index in [2.05, 4.69) is 35.7 Å². The summed E-state index contributed by atoms with van der Waals surface area (Å²) in [5.41, 5.74) is 3.05. The molecule has 1 aliphatic rings. The van der Waals surface area contributed by atoms with Crippen molar-refractivity contribution in [3.8, 4) is 6.07 Å². The molecule has 0 aliphatic heterocycles. The number of fused-ring (bicyclic) bond motifs is 1. The summed E-state index contributed by atoms with van der Waals surface area (Å²) < 4.78 is 0. The predicted octanol–water partition coefficient (Wildman–Crippen LogP) is 4.46. The lowest BCUT2D eigenvalue weighted by Gasteiger charge is -2.22. The van der Waals surface area contributed by atoms with Crippen LogP contribution in [0.4, 0.5) is 5.00 Å². The molecule has 0 saturated carbocycles. The van der Waals surface area contributed by atoms with E-state index < -0.39 is 5.38 Å². The monoisotopic (exact) mass is 344 g/mol. The molecule has 118 valence electrons. The number of carbonyl (C=O) groups is 1. The first kappa shape index (κ1) is 16.0. The number of nitrogens with zero attached hydrogens (tertiary/aromatic N) is 1. The van der Waals surface area contributed by atoms with Crippen molar-refractivity contribution in [1.29, 1.82) is 5.26 Å². The normalized spacial score (nSPS) is 17.9. The maximum absolute atomic E-state index is 11.8. The number of halogens is 1. The van der Waals surface area contributed by atoms with E-state index in [0.29, 0.717) is 16.5 Å². The van der Waals surface area contributed by atoms with Crippen LogP contribution in [0.25, 0.3) is 0 Å². The van der Waals surface area contributed by atoms with E-state index in [9.17, 15) is 10.1 Å². The molecule has 1 aliphatic carbocycles. The first-order valence-electron chi connectivity index (χ1n) is 7.64. The number of nitrogens with one attached hydrogen (secondary N) is 1. The number of thiophene rings is 1. The summed E-state index contributed by atoms with van der Waals surface area (Å²) in [6.45, 7) is 1.63. The molecule has 2 aromatic rings. The van der Waals surface area contributed by atoms with Crippen LogP contribution in [0.15, 0.2) is 30.3 Å². The van der Waals surface area contributed by atoms with Crippen LogP contribution in [0.5, 0.6) is 0 Å². The van der Waals surface area contributed by atoms with Gasteiger partial charge in [0.25, 0.3) is 0 Å². The Bertz CT molecular complexity index is 761. The molecular weight excluding hydrogens is 328 g/mol. The highest BCUT2D eigenvalue weighted by molar-refractivity contribution is 7.16. The third-order valence-electron chi connectivity index (χ3n) is 4.25. The van der Waals surface area contributed by atoms with Crippen molar-refractivity contribution in [3.63, 3.8) is 0 Å². The average Bonchev–Trinajstić information content (AvgIpc) is 2.91. The van der Waals surface area contributed by atoms with Gasteiger partial charge < -0.3 is 5.32 Å². The van der Waals surface area contributed by atoms with E-state index in [1.165, 1.54) is 21.8 Å². The molecular formula is C18H17ClN2OS. The molecule has 2 atom stereocenters. The molecule has 1 aromatic heterocycles. The van der Waals surface area contributed by atoms with Crippen LogP contribution < -0.4 is 5.32 Å². The summed E-state index contributed by atoms with van der Waals surface area (Å²) in [5.74, 6) is 0.214. The van der Waals surface area contributed by atoms with Crippen molar-refractivity contribution in [3.05, 3.63) is 51.9 Å².